The third-order valence-electron chi connectivity index (χ3n) is 4.50. The molecule has 0 spiro atoms. The smallest absolute Gasteiger partial charge is 0.251 e. The van der Waals surface area contributed by atoms with Gasteiger partial charge in [-0.3, -0.25) is 9.59 Å². The Kier molecular flexibility index (Phi) is 7.36. The number of carbonyl (C=O) groups excluding carboxylic acids is 2. The summed E-state index contributed by atoms with van der Waals surface area (Å²) in [5, 5.41) is 3.50. The topological polar surface area (TPSA) is 58.6 Å². The van der Waals surface area contributed by atoms with E-state index in [-0.39, 0.29) is 17.2 Å². The van der Waals surface area contributed by atoms with Gasteiger partial charge in [0.1, 0.15) is 5.37 Å². The molecule has 2 aromatic rings. The lowest BCUT2D eigenvalue weighted by Crippen LogP contribution is -2.28. The Morgan fingerprint density at radius 2 is 1.93 bits per heavy atom. The molecule has 7 heteroatoms. The van der Waals surface area contributed by atoms with E-state index in [0.717, 1.165) is 17.5 Å². The molecule has 1 N–H and O–H groups in total. The highest BCUT2D eigenvalue weighted by Gasteiger charge is 2.32. The maximum Gasteiger partial charge on any atom is 0.251 e. The van der Waals surface area contributed by atoms with Gasteiger partial charge in [-0.15, -0.1) is 11.8 Å². The first-order chi connectivity index (χ1) is 13.6. The Morgan fingerprint density at radius 1 is 1.21 bits per heavy atom. The highest BCUT2D eigenvalue weighted by atomic mass is 35.5. The minimum Gasteiger partial charge on any atom is -0.385 e. The first-order valence-electron chi connectivity index (χ1n) is 9.11. The molecule has 0 aliphatic carbocycles. The number of benzene rings is 2. The summed E-state index contributed by atoms with van der Waals surface area (Å²) in [6.07, 6.45) is 0.779. The van der Waals surface area contributed by atoms with Crippen LogP contribution in [0.1, 0.15) is 33.3 Å². The number of amides is 2. The highest BCUT2D eigenvalue weighted by molar-refractivity contribution is 8.00. The quantitative estimate of drug-likeness (QED) is 0.661. The third-order valence-corrected chi connectivity index (χ3v) is 6.01. The van der Waals surface area contributed by atoms with E-state index in [9.17, 15) is 9.59 Å². The summed E-state index contributed by atoms with van der Waals surface area (Å²) in [4.78, 5) is 26.4. The minimum atomic E-state index is -0.101. The number of nitrogens with one attached hydrogen (secondary N) is 1. The average Bonchev–Trinajstić information content (AvgIpc) is 3.07. The number of hydrogen-bond acceptors (Lipinski definition) is 4. The molecule has 3 rings (SSSR count). The van der Waals surface area contributed by atoms with Gasteiger partial charge in [-0.25, -0.2) is 0 Å². The monoisotopic (exact) mass is 418 g/mol. The number of ether oxygens (including phenoxy) is 1. The van der Waals surface area contributed by atoms with Crippen LogP contribution in [-0.4, -0.2) is 42.7 Å². The van der Waals surface area contributed by atoms with Gasteiger partial charge in [-0.2, -0.15) is 0 Å². The summed E-state index contributed by atoms with van der Waals surface area (Å²) >= 11 is 7.55. The predicted molar refractivity (Wildman–Crippen MR) is 112 cm³/mol. The second-order valence-corrected chi connectivity index (χ2v) is 8.04. The fraction of sp³-hybridized carbons (Fsp3) is 0.333. The van der Waals surface area contributed by atoms with Gasteiger partial charge in [0.2, 0.25) is 5.91 Å². The van der Waals surface area contributed by atoms with Crippen LogP contribution in [0.2, 0.25) is 5.02 Å². The van der Waals surface area contributed by atoms with Crippen molar-refractivity contribution in [3.8, 4) is 0 Å². The van der Waals surface area contributed by atoms with Gasteiger partial charge in [-0.1, -0.05) is 35.9 Å². The minimum absolute atomic E-state index is 0.0537. The Hall–Kier alpha value is -2.02. The summed E-state index contributed by atoms with van der Waals surface area (Å²) in [5.41, 5.74) is 2.66. The summed E-state index contributed by atoms with van der Waals surface area (Å²) in [7, 11) is 1.64. The van der Waals surface area contributed by atoms with Crippen molar-refractivity contribution in [1.82, 2.24) is 10.2 Å². The zero-order chi connectivity index (χ0) is 19.9. The van der Waals surface area contributed by atoms with Crippen LogP contribution in [0, 0.1) is 0 Å². The van der Waals surface area contributed by atoms with Crippen LogP contribution in [0.4, 0.5) is 0 Å². The number of nitrogens with zero attached hydrogens (tertiary/aromatic N) is 1. The first-order valence-corrected chi connectivity index (χ1v) is 10.5. The van der Waals surface area contributed by atoms with Crippen LogP contribution >= 0.6 is 23.4 Å². The van der Waals surface area contributed by atoms with Crippen LogP contribution in [0.15, 0.2) is 48.5 Å². The van der Waals surface area contributed by atoms with Crippen molar-refractivity contribution in [3.05, 3.63) is 70.2 Å². The molecule has 2 aromatic carbocycles. The number of thioether (sulfide) groups is 1. The van der Waals surface area contributed by atoms with Gasteiger partial charge < -0.3 is 15.0 Å². The molecule has 1 atom stereocenters. The standard InChI is InChI=1S/C21H23ClN2O3S/c1-27-12-2-11-23-20(26)16-5-7-17(8-6-16)21-24(19(25)14-28-21)13-15-3-9-18(22)10-4-15/h3-10,21H,2,11-14H2,1H3,(H,23,26)/t21-/m0/s1. The van der Waals surface area contributed by atoms with E-state index >= 15 is 0 Å². The van der Waals surface area contributed by atoms with E-state index in [1.165, 1.54) is 0 Å². The Labute approximate surface area is 174 Å². The van der Waals surface area contributed by atoms with Crippen LogP contribution < -0.4 is 5.32 Å². The fourth-order valence-corrected chi connectivity index (χ4v) is 4.32. The van der Waals surface area contributed by atoms with Crippen LogP contribution in [0.5, 0.6) is 0 Å². The molecule has 0 saturated carbocycles. The molecule has 28 heavy (non-hydrogen) atoms. The second-order valence-electron chi connectivity index (χ2n) is 6.54. The molecule has 1 fully saturated rings. The largest absolute Gasteiger partial charge is 0.385 e. The molecule has 5 nitrogen and oxygen atoms in total. The average molecular weight is 419 g/mol. The van der Waals surface area contributed by atoms with Crippen molar-refractivity contribution < 1.29 is 14.3 Å². The van der Waals surface area contributed by atoms with E-state index in [0.29, 0.717) is 36.0 Å². The van der Waals surface area contributed by atoms with Gasteiger partial charge in [0.15, 0.2) is 0 Å². The zero-order valence-electron chi connectivity index (χ0n) is 15.7. The van der Waals surface area contributed by atoms with Crippen molar-refractivity contribution in [2.24, 2.45) is 0 Å². The molecule has 0 radical (unpaired) electrons. The van der Waals surface area contributed by atoms with Gasteiger partial charge >= 0.3 is 0 Å². The van der Waals surface area contributed by atoms with E-state index < -0.39 is 0 Å². The van der Waals surface area contributed by atoms with Gasteiger partial charge in [-0.05, 0) is 41.8 Å². The lowest BCUT2D eigenvalue weighted by Gasteiger charge is -2.24. The molecule has 1 aliphatic heterocycles. The number of methoxy groups -OCH3 is 1. The molecule has 2 amide bonds. The van der Waals surface area contributed by atoms with E-state index in [1.807, 2.05) is 53.4 Å². The van der Waals surface area contributed by atoms with Crippen molar-refractivity contribution in [3.63, 3.8) is 0 Å². The summed E-state index contributed by atoms with van der Waals surface area (Å²) in [6, 6.07) is 15.0. The Morgan fingerprint density at radius 3 is 2.61 bits per heavy atom. The molecule has 1 aliphatic rings. The van der Waals surface area contributed by atoms with E-state index in [2.05, 4.69) is 5.32 Å². The van der Waals surface area contributed by atoms with Crippen LogP contribution in [-0.2, 0) is 16.1 Å². The maximum absolute atomic E-state index is 12.4. The molecule has 1 heterocycles. The van der Waals surface area contributed by atoms with Crippen molar-refractivity contribution in [2.45, 2.75) is 18.3 Å². The zero-order valence-corrected chi connectivity index (χ0v) is 17.3. The van der Waals surface area contributed by atoms with Gasteiger partial charge in [0.05, 0.1) is 5.75 Å². The van der Waals surface area contributed by atoms with Gasteiger partial charge in [0, 0.05) is 37.4 Å². The molecular weight excluding hydrogens is 396 g/mol. The normalized spacial score (nSPS) is 16.4. The number of carbonyl (C=O) groups is 2. The second kappa shape index (κ2) is 9.96. The number of halogens is 1. The third kappa shape index (κ3) is 5.28. The lowest BCUT2D eigenvalue weighted by atomic mass is 10.1. The molecule has 0 aromatic heterocycles. The van der Waals surface area contributed by atoms with E-state index in [4.69, 9.17) is 16.3 Å². The van der Waals surface area contributed by atoms with Gasteiger partial charge in [0.25, 0.3) is 5.91 Å². The van der Waals surface area contributed by atoms with Crippen LogP contribution in [0.25, 0.3) is 0 Å². The molecule has 0 bridgehead atoms. The molecule has 148 valence electrons. The van der Waals surface area contributed by atoms with Crippen molar-refractivity contribution >= 4 is 35.2 Å². The lowest BCUT2D eigenvalue weighted by molar-refractivity contribution is -0.128. The number of hydrogen-bond donors (Lipinski definition) is 1. The summed E-state index contributed by atoms with van der Waals surface area (Å²) < 4.78 is 4.98. The summed E-state index contributed by atoms with van der Waals surface area (Å²) in [6.45, 7) is 1.74. The predicted octanol–water partition coefficient (Wildman–Crippen LogP) is 3.88. The molecular formula is C21H23ClN2O3S. The number of rotatable bonds is 8. The fourth-order valence-electron chi connectivity index (χ4n) is 3.01. The first kappa shape index (κ1) is 20.7. The Bertz CT molecular complexity index is 811. The highest BCUT2D eigenvalue weighted by Crippen LogP contribution is 2.39. The maximum atomic E-state index is 12.4. The SMILES string of the molecule is COCCCNC(=O)c1ccc([C@@H]2SCC(=O)N2Cc2ccc(Cl)cc2)cc1. The summed E-state index contributed by atoms with van der Waals surface area (Å²) in [5.74, 6) is 0.473. The van der Waals surface area contributed by atoms with Crippen molar-refractivity contribution in [1.29, 1.82) is 0 Å². The molecule has 0 unspecified atom stereocenters. The van der Waals surface area contributed by atoms with Crippen LogP contribution in [0.3, 0.4) is 0 Å². The molecule has 1 saturated heterocycles. The van der Waals surface area contributed by atoms with Crippen molar-refractivity contribution in [2.75, 3.05) is 26.0 Å². The van der Waals surface area contributed by atoms with E-state index in [1.54, 1.807) is 18.9 Å². The Balaban J connectivity index is 1.65.